The molecular formula is C20H16N6O6. The molecule has 0 aliphatic rings. The third-order valence-corrected chi connectivity index (χ3v) is 4.30. The third kappa shape index (κ3) is 4.48. The summed E-state index contributed by atoms with van der Waals surface area (Å²) in [5, 5.41) is 33.3. The molecule has 0 saturated carbocycles. The van der Waals surface area contributed by atoms with Gasteiger partial charge in [-0.15, -0.1) is 10.2 Å². The fourth-order valence-corrected chi connectivity index (χ4v) is 2.72. The Morgan fingerprint density at radius 2 is 1.91 bits per heavy atom. The number of aryl methyl sites for hydroxylation is 1. The summed E-state index contributed by atoms with van der Waals surface area (Å²) < 4.78 is 1.21. The number of aromatic carboxylic acids is 1. The van der Waals surface area contributed by atoms with Crippen molar-refractivity contribution in [1.82, 2.24) is 9.78 Å². The Labute approximate surface area is 179 Å². The Morgan fingerprint density at radius 1 is 1.22 bits per heavy atom. The Balaban J connectivity index is 1.94. The van der Waals surface area contributed by atoms with Crippen LogP contribution >= 0.6 is 0 Å². The zero-order valence-electron chi connectivity index (χ0n) is 16.6. The fraction of sp³-hybridized carbons (Fsp3) is 0.0500. The second kappa shape index (κ2) is 8.87. The maximum absolute atomic E-state index is 12.8. The maximum Gasteiger partial charge on any atom is 0.338 e. The van der Waals surface area contributed by atoms with Gasteiger partial charge in [-0.05, 0) is 43.3 Å². The Hall–Kier alpha value is -4.87. The van der Waals surface area contributed by atoms with Crippen LogP contribution in [0.15, 0.2) is 70.1 Å². The lowest BCUT2D eigenvalue weighted by Gasteiger charge is -2.04. The molecule has 0 aliphatic carbocycles. The highest BCUT2D eigenvalue weighted by Gasteiger charge is 2.17. The fourth-order valence-electron chi connectivity index (χ4n) is 2.72. The minimum atomic E-state index is -1.42. The van der Waals surface area contributed by atoms with Crippen molar-refractivity contribution in [3.05, 3.63) is 86.8 Å². The molecule has 32 heavy (non-hydrogen) atoms. The highest BCUT2D eigenvalue weighted by molar-refractivity contribution is 5.98. The Kier molecular flexibility index (Phi) is 6.05. The summed E-state index contributed by atoms with van der Waals surface area (Å²) in [5.41, 5.74) is -0.259. The normalized spacial score (nSPS) is 10.8. The number of nitro groups is 1. The lowest BCUT2D eigenvalue weighted by molar-refractivity contribution is -0.384. The van der Waals surface area contributed by atoms with Crippen LogP contribution in [0.25, 0.3) is 5.69 Å². The van der Waals surface area contributed by atoms with E-state index in [-0.39, 0.29) is 17.3 Å². The first kappa shape index (κ1) is 21.8. The molecule has 1 heterocycles. The number of nitrogens with one attached hydrogen (secondary N) is 2. The number of anilines is 1. The minimum absolute atomic E-state index is 0.0660. The molecule has 3 rings (SSSR count). The van der Waals surface area contributed by atoms with Gasteiger partial charge in [-0.1, -0.05) is 6.58 Å². The number of H-pyrrole nitrogens is 1. The van der Waals surface area contributed by atoms with Gasteiger partial charge in [0.25, 0.3) is 11.2 Å². The van der Waals surface area contributed by atoms with Gasteiger partial charge < -0.3 is 10.4 Å². The van der Waals surface area contributed by atoms with Crippen LogP contribution in [0, 0.1) is 17.0 Å². The summed E-state index contributed by atoms with van der Waals surface area (Å²) in [4.78, 5) is 45.7. The minimum Gasteiger partial charge on any atom is -0.478 e. The van der Waals surface area contributed by atoms with Crippen LogP contribution < -0.4 is 10.9 Å². The maximum atomic E-state index is 12.8. The van der Waals surface area contributed by atoms with Gasteiger partial charge in [0.2, 0.25) is 5.91 Å². The summed E-state index contributed by atoms with van der Waals surface area (Å²) in [7, 11) is 0. The second-order valence-corrected chi connectivity index (χ2v) is 6.43. The molecule has 0 radical (unpaired) electrons. The van der Waals surface area contributed by atoms with Crippen LogP contribution in [0.2, 0.25) is 0 Å². The van der Waals surface area contributed by atoms with Crippen LogP contribution in [-0.2, 0) is 4.79 Å². The summed E-state index contributed by atoms with van der Waals surface area (Å²) in [6.07, 6.45) is 1.13. The first-order valence-electron chi connectivity index (χ1n) is 9.00. The molecule has 0 saturated heterocycles. The van der Waals surface area contributed by atoms with Gasteiger partial charge >= 0.3 is 5.97 Å². The summed E-state index contributed by atoms with van der Waals surface area (Å²) in [6, 6.07) is 9.47. The Bertz CT molecular complexity index is 1320. The number of aromatic nitrogens is 2. The van der Waals surface area contributed by atoms with E-state index in [2.05, 4.69) is 27.2 Å². The first-order chi connectivity index (χ1) is 15.2. The number of aromatic amines is 1. The zero-order valence-corrected chi connectivity index (χ0v) is 16.6. The van der Waals surface area contributed by atoms with Gasteiger partial charge in [-0.25, -0.2) is 9.48 Å². The van der Waals surface area contributed by atoms with Crippen molar-refractivity contribution in [3.63, 3.8) is 0 Å². The number of nitrogens with zero attached hydrogens (tertiary/aromatic N) is 4. The topological polar surface area (TPSA) is 172 Å². The van der Waals surface area contributed by atoms with Gasteiger partial charge in [0.05, 0.1) is 21.9 Å². The van der Waals surface area contributed by atoms with Gasteiger partial charge in [0.15, 0.2) is 5.69 Å². The van der Waals surface area contributed by atoms with Crippen molar-refractivity contribution in [1.29, 1.82) is 0 Å². The van der Waals surface area contributed by atoms with E-state index in [0.29, 0.717) is 17.1 Å². The monoisotopic (exact) mass is 436 g/mol. The molecule has 3 N–H and O–H groups in total. The molecule has 0 unspecified atom stereocenters. The molecule has 0 atom stereocenters. The number of nitro benzene ring substituents is 1. The van der Waals surface area contributed by atoms with Gasteiger partial charge in [-0.2, -0.15) is 0 Å². The van der Waals surface area contributed by atoms with Crippen LogP contribution in [0.3, 0.4) is 0 Å². The largest absolute Gasteiger partial charge is 0.478 e. The van der Waals surface area contributed by atoms with Crippen molar-refractivity contribution >= 4 is 34.6 Å². The van der Waals surface area contributed by atoms with E-state index in [4.69, 9.17) is 0 Å². The van der Waals surface area contributed by atoms with Crippen LogP contribution in [0.1, 0.15) is 16.1 Å². The predicted molar refractivity (Wildman–Crippen MR) is 114 cm³/mol. The number of non-ortho nitro benzene ring substituents is 1. The van der Waals surface area contributed by atoms with E-state index >= 15 is 0 Å². The number of benzene rings is 2. The smallest absolute Gasteiger partial charge is 0.338 e. The van der Waals surface area contributed by atoms with E-state index in [9.17, 15) is 29.6 Å². The van der Waals surface area contributed by atoms with E-state index in [1.165, 1.54) is 4.68 Å². The lowest BCUT2D eigenvalue weighted by Crippen LogP contribution is -2.14. The second-order valence-electron chi connectivity index (χ2n) is 6.43. The number of azo groups is 1. The Morgan fingerprint density at radius 3 is 2.50 bits per heavy atom. The number of carbonyl (C=O) groups excluding carboxylic acids is 1. The molecule has 0 spiro atoms. The predicted octanol–water partition coefficient (Wildman–Crippen LogP) is 3.62. The zero-order chi connectivity index (χ0) is 23.4. The lowest BCUT2D eigenvalue weighted by atomic mass is 10.1. The standard InChI is InChI=1S/C20H16N6O6/c1-3-17(27)21-12-4-6-13(7-5-12)25-19(28)18(11(2)24-25)23-22-16-9-8-14(26(31)32)10-15(16)20(29)30/h3-10,24H,1H2,2H3,(H,21,27)(H,29,30). The number of carboxylic acids is 1. The van der Waals surface area contributed by atoms with Crippen molar-refractivity contribution in [2.24, 2.45) is 10.2 Å². The van der Waals surface area contributed by atoms with E-state index in [0.717, 1.165) is 24.3 Å². The summed E-state index contributed by atoms with van der Waals surface area (Å²) in [6.45, 7) is 4.95. The number of hydrogen-bond acceptors (Lipinski definition) is 7. The molecule has 0 fully saturated rings. The number of carboxylic acid groups (broad SMARTS) is 1. The van der Waals surface area contributed by atoms with Gasteiger partial charge in [-0.3, -0.25) is 24.8 Å². The number of hydrogen-bond donors (Lipinski definition) is 3. The molecule has 12 nitrogen and oxygen atoms in total. The van der Waals surface area contributed by atoms with Crippen molar-refractivity contribution in [2.75, 3.05) is 5.32 Å². The average Bonchev–Trinajstić information content (AvgIpc) is 3.05. The molecule has 1 aromatic heterocycles. The van der Waals surface area contributed by atoms with Crippen LogP contribution in [0.4, 0.5) is 22.7 Å². The molecule has 3 aromatic rings. The number of carbonyl (C=O) groups is 2. The first-order valence-corrected chi connectivity index (χ1v) is 9.00. The van der Waals surface area contributed by atoms with E-state index in [1.807, 2.05) is 0 Å². The highest BCUT2D eigenvalue weighted by Crippen LogP contribution is 2.27. The van der Waals surface area contributed by atoms with Crippen molar-refractivity contribution in [3.8, 4) is 5.69 Å². The molecule has 0 bridgehead atoms. The molecule has 1 amide bonds. The van der Waals surface area contributed by atoms with Crippen LogP contribution in [-0.4, -0.2) is 31.7 Å². The quantitative estimate of drug-likeness (QED) is 0.221. The molecule has 2 aromatic carbocycles. The van der Waals surface area contributed by atoms with E-state index < -0.39 is 27.7 Å². The van der Waals surface area contributed by atoms with Gasteiger partial charge in [0, 0.05) is 17.8 Å². The molecule has 12 heteroatoms. The number of amides is 1. The highest BCUT2D eigenvalue weighted by atomic mass is 16.6. The van der Waals surface area contributed by atoms with Crippen molar-refractivity contribution in [2.45, 2.75) is 6.92 Å². The summed E-state index contributed by atoms with van der Waals surface area (Å²) >= 11 is 0. The van der Waals surface area contributed by atoms with Crippen LogP contribution in [0.5, 0.6) is 0 Å². The molecule has 162 valence electrons. The van der Waals surface area contributed by atoms with E-state index in [1.54, 1.807) is 31.2 Å². The molecule has 0 aliphatic heterocycles. The number of rotatable bonds is 7. The van der Waals surface area contributed by atoms with Crippen molar-refractivity contribution < 1.29 is 19.6 Å². The van der Waals surface area contributed by atoms with Gasteiger partial charge in [0.1, 0.15) is 5.69 Å². The average molecular weight is 436 g/mol. The molecular weight excluding hydrogens is 420 g/mol. The third-order valence-electron chi connectivity index (χ3n) is 4.30. The SMILES string of the molecule is C=CC(=O)Nc1ccc(-n2[nH]c(C)c(N=Nc3ccc([N+](=O)[O-])cc3C(=O)O)c2=O)cc1. The summed E-state index contributed by atoms with van der Waals surface area (Å²) in [5.74, 6) is -1.80.